The second-order valence-corrected chi connectivity index (χ2v) is 7.34. The number of aromatic nitrogens is 3. The molecule has 0 aromatic carbocycles. The summed E-state index contributed by atoms with van der Waals surface area (Å²) < 4.78 is 0. The normalized spacial score (nSPS) is 18.6. The predicted molar refractivity (Wildman–Crippen MR) is 101 cm³/mol. The largest absolute Gasteiger partial charge is 0.345 e. The Kier molecular flexibility index (Phi) is 4.82. The summed E-state index contributed by atoms with van der Waals surface area (Å²) in [6.07, 6.45) is 8.68. The molecule has 2 aromatic rings. The third kappa shape index (κ3) is 3.69. The zero-order valence-electron chi connectivity index (χ0n) is 15.3. The molecule has 6 nitrogen and oxygen atoms in total. The molecule has 2 aromatic heterocycles. The molecule has 1 saturated heterocycles. The quantitative estimate of drug-likeness (QED) is 0.847. The highest BCUT2D eigenvalue weighted by atomic mass is 16.2. The summed E-state index contributed by atoms with van der Waals surface area (Å²) in [4.78, 5) is 30.1. The van der Waals surface area contributed by atoms with Crippen molar-refractivity contribution in [1.29, 1.82) is 0 Å². The molecule has 26 heavy (non-hydrogen) atoms. The molecule has 0 atom stereocenters. The average Bonchev–Trinajstić information content (AvgIpc) is 3.17. The van der Waals surface area contributed by atoms with Gasteiger partial charge in [-0.1, -0.05) is 12.8 Å². The smallest absolute Gasteiger partial charge is 0.242 e. The molecule has 0 N–H and O–H groups in total. The highest BCUT2D eigenvalue weighted by Gasteiger charge is 2.28. The molecular weight excluding hydrogens is 326 g/mol. The SMILES string of the molecule is Cc1cc(N2CCN(CC3CCCC3)C(=O)C2)nc(-c2cccnc2)n1. The number of amides is 1. The van der Waals surface area contributed by atoms with E-state index < -0.39 is 0 Å². The van der Waals surface area contributed by atoms with E-state index in [1.54, 1.807) is 12.4 Å². The summed E-state index contributed by atoms with van der Waals surface area (Å²) in [5.74, 6) is 2.39. The molecule has 0 spiro atoms. The van der Waals surface area contributed by atoms with E-state index in [4.69, 9.17) is 4.98 Å². The Morgan fingerprint density at radius 2 is 2.04 bits per heavy atom. The predicted octanol–water partition coefficient (Wildman–Crippen LogP) is 2.69. The van der Waals surface area contributed by atoms with Crippen molar-refractivity contribution in [2.45, 2.75) is 32.6 Å². The molecular formula is C20H25N5O. The van der Waals surface area contributed by atoms with Gasteiger partial charge in [-0.2, -0.15) is 0 Å². The van der Waals surface area contributed by atoms with Crippen LogP contribution >= 0.6 is 0 Å². The number of aryl methyl sites for hydroxylation is 1. The van der Waals surface area contributed by atoms with Crippen LogP contribution in [0.3, 0.4) is 0 Å². The molecule has 0 radical (unpaired) electrons. The van der Waals surface area contributed by atoms with Crippen LogP contribution in [0.5, 0.6) is 0 Å². The molecule has 4 rings (SSSR count). The van der Waals surface area contributed by atoms with Gasteiger partial charge in [0.1, 0.15) is 5.82 Å². The maximum Gasteiger partial charge on any atom is 0.242 e. The van der Waals surface area contributed by atoms with E-state index in [0.29, 0.717) is 18.3 Å². The highest BCUT2D eigenvalue weighted by Crippen LogP contribution is 2.27. The number of carbonyl (C=O) groups excluding carboxylic acids is 1. The van der Waals surface area contributed by atoms with E-state index in [2.05, 4.69) is 14.9 Å². The molecule has 6 heteroatoms. The number of nitrogens with zero attached hydrogens (tertiary/aromatic N) is 5. The highest BCUT2D eigenvalue weighted by molar-refractivity contribution is 5.82. The van der Waals surface area contributed by atoms with E-state index in [9.17, 15) is 4.79 Å². The van der Waals surface area contributed by atoms with Crippen LogP contribution < -0.4 is 4.90 Å². The van der Waals surface area contributed by atoms with Crippen LogP contribution in [-0.4, -0.2) is 51.9 Å². The fourth-order valence-corrected chi connectivity index (χ4v) is 3.94. The van der Waals surface area contributed by atoms with Crippen LogP contribution in [-0.2, 0) is 4.79 Å². The number of anilines is 1. The Morgan fingerprint density at radius 3 is 2.77 bits per heavy atom. The molecule has 1 aliphatic carbocycles. The summed E-state index contributed by atoms with van der Waals surface area (Å²) in [7, 11) is 0. The summed E-state index contributed by atoms with van der Waals surface area (Å²) in [5, 5.41) is 0. The summed E-state index contributed by atoms with van der Waals surface area (Å²) in [5.41, 5.74) is 1.79. The minimum absolute atomic E-state index is 0.211. The first kappa shape index (κ1) is 16.9. The van der Waals surface area contributed by atoms with Crippen molar-refractivity contribution in [2.75, 3.05) is 31.1 Å². The third-order valence-corrected chi connectivity index (χ3v) is 5.36. The molecule has 136 valence electrons. The zero-order valence-corrected chi connectivity index (χ0v) is 15.3. The summed E-state index contributed by atoms with van der Waals surface area (Å²) in [6, 6.07) is 5.79. The monoisotopic (exact) mass is 351 g/mol. The fraction of sp³-hybridized carbons (Fsp3) is 0.500. The van der Waals surface area contributed by atoms with Gasteiger partial charge in [-0.15, -0.1) is 0 Å². The van der Waals surface area contributed by atoms with Gasteiger partial charge >= 0.3 is 0 Å². The van der Waals surface area contributed by atoms with Gasteiger partial charge in [-0.3, -0.25) is 9.78 Å². The fourth-order valence-electron chi connectivity index (χ4n) is 3.94. The lowest BCUT2D eigenvalue weighted by atomic mass is 10.1. The van der Waals surface area contributed by atoms with Crippen molar-refractivity contribution in [1.82, 2.24) is 19.9 Å². The first-order valence-corrected chi connectivity index (χ1v) is 9.48. The molecule has 0 bridgehead atoms. The van der Waals surface area contributed by atoms with E-state index in [0.717, 1.165) is 36.7 Å². The molecule has 0 unspecified atom stereocenters. The first-order chi connectivity index (χ1) is 12.7. The van der Waals surface area contributed by atoms with Crippen molar-refractivity contribution >= 4 is 11.7 Å². The first-order valence-electron chi connectivity index (χ1n) is 9.48. The van der Waals surface area contributed by atoms with Crippen molar-refractivity contribution in [3.8, 4) is 11.4 Å². The Hall–Kier alpha value is -2.50. The van der Waals surface area contributed by atoms with Crippen LogP contribution in [0.15, 0.2) is 30.6 Å². The van der Waals surface area contributed by atoms with Crippen LogP contribution in [0.4, 0.5) is 5.82 Å². The third-order valence-electron chi connectivity index (χ3n) is 5.36. The molecule has 1 amide bonds. The number of hydrogen-bond donors (Lipinski definition) is 0. The second-order valence-electron chi connectivity index (χ2n) is 7.34. The Labute approximate surface area is 154 Å². The lowest BCUT2D eigenvalue weighted by molar-refractivity contribution is -0.131. The zero-order chi connectivity index (χ0) is 17.9. The topological polar surface area (TPSA) is 62.2 Å². The van der Waals surface area contributed by atoms with Gasteiger partial charge in [0.05, 0.1) is 6.54 Å². The molecule has 2 aliphatic rings. The second kappa shape index (κ2) is 7.40. The van der Waals surface area contributed by atoms with Crippen molar-refractivity contribution in [3.05, 3.63) is 36.3 Å². The minimum Gasteiger partial charge on any atom is -0.345 e. The average molecular weight is 351 g/mol. The van der Waals surface area contributed by atoms with Gasteiger partial charge in [0, 0.05) is 49.4 Å². The number of carbonyl (C=O) groups is 1. The van der Waals surface area contributed by atoms with Gasteiger partial charge in [-0.25, -0.2) is 9.97 Å². The summed E-state index contributed by atoms with van der Waals surface area (Å²) in [6.45, 7) is 4.89. The molecule has 3 heterocycles. The molecule has 1 saturated carbocycles. The molecule has 1 aliphatic heterocycles. The van der Waals surface area contributed by atoms with Crippen LogP contribution in [0.25, 0.3) is 11.4 Å². The van der Waals surface area contributed by atoms with Crippen LogP contribution in [0, 0.1) is 12.8 Å². The number of pyridine rings is 1. The van der Waals surface area contributed by atoms with E-state index in [-0.39, 0.29) is 5.91 Å². The van der Waals surface area contributed by atoms with Gasteiger partial charge < -0.3 is 9.80 Å². The van der Waals surface area contributed by atoms with Crippen LogP contribution in [0.1, 0.15) is 31.4 Å². The van der Waals surface area contributed by atoms with Crippen molar-refractivity contribution < 1.29 is 4.79 Å². The maximum absolute atomic E-state index is 12.6. The number of piperazine rings is 1. The lowest BCUT2D eigenvalue weighted by Gasteiger charge is -2.36. The minimum atomic E-state index is 0.211. The van der Waals surface area contributed by atoms with Gasteiger partial charge in [0.25, 0.3) is 0 Å². The Balaban J connectivity index is 1.48. The number of hydrogen-bond acceptors (Lipinski definition) is 5. The van der Waals surface area contributed by atoms with Gasteiger partial charge in [0.15, 0.2) is 5.82 Å². The van der Waals surface area contributed by atoms with Crippen molar-refractivity contribution in [3.63, 3.8) is 0 Å². The van der Waals surface area contributed by atoms with Gasteiger partial charge in [-0.05, 0) is 37.8 Å². The lowest BCUT2D eigenvalue weighted by Crippen LogP contribution is -2.51. The Morgan fingerprint density at radius 1 is 1.19 bits per heavy atom. The van der Waals surface area contributed by atoms with E-state index in [1.165, 1.54) is 25.7 Å². The number of rotatable bonds is 4. The standard InChI is InChI=1S/C20H25N5O/c1-15-11-18(23-20(22-15)17-7-4-8-21-12-17)24-9-10-25(19(26)14-24)13-16-5-2-3-6-16/h4,7-8,11-12,16H,2-3,5-6,9-10,13-14H2,1H3. The van der Waals surface area contributed by atoms with Crippen molar-refractivity contribution in [2.24, 2.45) is 5.92 Å². The maximum atomic E-state index is 12.6. The van der Waals surface area contributed by atoms with Crippen LogP contribution in [0.2, 0.25) is 0 Å². The van der Waals surface area contributed by atoms with Gasteiger partial charge in [0.2, 0.25) is 5.91 Å². The molecule has 2 fully saturated rings. The van der Waals surface area contributed by atoms with E-state index >= 15 is 0 Å². The summed E-state index contributed by atoms with van der Waals surface area (Å²) >= 11 is 0. The van der Waals surface area contributed by atoms with E-state index in [1.807, 2.05) is 30.0 Å². The Bertz CT molecular complexity index is 773.